The lowest BCUT2D eigenvalue weighted by Crippen LogP contribution is -2.49. The molecule has 5 rings (SSSR count). The molecular formula is C26H30N4O4S. The maximum absolute atomic E-state index is 12.6. The number of hydrogen-bond acceptors (Lipinski definition) is 7. The molecule has 1 saturated heterocycles. The van der Waals surface area contributed by atoms with Crippen LogP contribution in [0.3, 0.4) is 0 Å². The van der Waals surface area contributed by atoms with Gasteiger partial charge in [0.15, 0.2) is 11.5 Å². The molecule has 0 saturated carbocycles. The van der Waals surface area contributed by atoms with Crippen LogP contribution in [0.15, 0.2) is 46.6 Å². The number of amides is 1. The number of benzene rings is 2. The lowest BCUT2D eigenvalue weighted by atomic mass is 10.1. The van der Waals surface area contributed by atoms with Gasteiger partial charge >= 0.3 is 4.87 Å². The lowest BCUT2D eigenvalue weighted by Gasteiger charge is -2.34. The molecule has 0 atom stereocenters. The minimum absolute atomic E-state index is 0.00537. The number of hydrogen-bond donors (Lipinski definition) is 1. The molecule has 2 aliphatic heterocycles. The zero-order valence-electron chi connectivity index (χ0n) is 20.1. The number of fused-ring (bicyclic) bond motifs is 1. The zero-order valence-corrected chi connectivity index (χ0v) is 20.9. The van der Waals surface area contributed by atoms with Crippen molar-refractivity contribution >= 4 is 22.9 Å². The number of nitrogens with zero attached hydrogens (tertiary/aromatic N) is 3. The Bertz CT molecular complexity index is 1260. The van der Waals surface area contributed by atoms with Crippen LogP contribution >= 0.6 is 11.3 Å². The van der Waals surface area contributed by atoms with Crippen molar-refractivity contribution in [2.45, 2.75) is 20.5 Å². The number of anilines is 1. The van der Waals surface area contributed by atoms with Crippen LogP contribution in [0, 0.1) is 13.8 Å². The van der Waals surface area contributed by atoms with Gasteiger partial charge in [-0.25, -0.2) is 0 Å². The van der Waals surface area contributed by atoms with E-state index in [9.17, 15) is 9.59 Å². The first kappa shape index (κ1) is 23.6. The molecular weight excluding hydrogens is 464 g/mol. The second kappa shape index (κ2) is 10.2. The highest BCUT2D eigenvalue weighted by molar-refractivity contribution is 7.07. The van der Waals surface area contributed by atoms with Gasteiger partial charge in [0.05, 0.1) is 18.9 Å². The van der Waals surface area contributed by atoms with E-state index in [2.05, 4.69) is 15.1 Å². The summed E-state index contributed by atoms with van der Waals surface area (Å²) in [7, 11) is 0. The molecule has 9 heteroatoms. The Morgan fingerprint density at radius 1 is 0.971 bits per heavy atom. The maximum atomic E-state index is 12.6. The number of carbonyl (C=O) groups is 1. The fraction of sp³-hybridized carbons (Fsp3) is 0.385. The van der Waals surface area contributed by atoms with Crippen molar-refractivity contribution in [2.75, 3.05) is 51.3 Å². The van der Waals surface area contributed by atoms with E-state index in [0.717, 1.165) is 60.0 Å². The zero-order chi connectivity index (χ0) is 24.4. The number of aryl methyl sites for hydroxylation is 2. The van der Waals surface area contributed by atoms with Crippen molar-refractivity contribution in [3.8, 4) is 22.8 Å². The summed E-state index contributed by atoms with van der Waals surface area (Å²) in [6, 6.07) is 11.8. The molecule has 8 nitrogen and oxygen atoms in total. The maximum Gasteiger partial charge on any atom is 0.308 e. The summed E-state index contributed by atoms with van der Waals surface area (Å²) in [6.07, 6.45) is 0. The minimum Gasteiger partial charge on any atom is -0.486 e. The van der Waals surface area contributed by atoms with Gasteiger partial charge in [-0.3, -0.25) is 24.0 Å². The third kappa shape index (κ3) is 5.27. The summed E-state index contributed by atoms with van der Waals surface area (Å²) < 4.78 is 13.2. The minimum atomic E-state index is 0.00537. The van der Waals surface area contributed by atoms with Crippen LogP contribution < -0.4 is 19.7 Å². The molecule has 0 bridgehead atoms. The fourth-order valence-corrected chi connectivity index (χ4v) is 5.33. The molecule has 184 valence electrons. The lowest BCUT2D eigenvalue weighted by molar-refractivity contribution is -0.117. The molecule has 0 aliphatic carbocycles. The van der Waals surface area contributed by atoms with Crippen LogP contribution in [0.4, 0.5) is 5.69 Å². The predicted molar refractivity (Wildman–Crippen MR) is 138 cm³/mol. The van der Waals surface area contributed by atoms with Crippen LogP contribution in [-0.2, 0) is 11.5 Å². The van der Waals surface area contributed by atoms with Crippen LogP contribution in [0.1, 0.15) is 11.1 Å². The predicted octanol–water partition coefficient (Wildman–Crippen LogP) is 3.18. The Kier molecular flexibility index (Phi) is 6.90. The molecule has 2 aromatic carbocycles. The number of aromatic nitrogens is 1. The topological polar surface area (TPSA) is 76.0 Å². The second-order valence-corrected chi connectivity index (χ2v) is 9.84. The van der Waals surface area contributed by atoms with Crippen molar-refractivity contribution in [1.82, 2.24) is 14.4 Å². The van der Waals surface area contributed by atoms with Gasteiger partial charge in [-0.2, -0.15) is 0 Å². The van der Waals surface area contributed by atoms with Gasteiger partial charge in [0.25, 0.3) is 0 Å². The number of thiazole rings is 1. The summed E-state index contributed by atoms with van der Waals surface area (Å²) in [5.41, 5.74) is 4.86. The Hall–Kier alpha value is -3.14. The first-order chi connectivity index (χ1) is 17.0. The molecule has 0 unspecified atom stereocenters. The SMILES string of the molecule is Cc1cccc(C)c1NC(=O)CN1CCN(Cn2c(-c3ccc4c(c3)OCCO4)csc2=O)CC1. The van der Waals surface area contributed by atoms with Crippen molar-refractivity contribution in [1.29, 1.82) is 0 Å². The van der Waals surface area contributed by atoms with E-state index in [4.69, 9.17) is 9.47 Å². The standard InChI is InChI=1S/C26H30N4O4S/c1-18-4-3-5-19(2)25(18)27-24(31)15-28-8-10-29(11-9-28)17-30-21(16-35-26(30)32)20-6-7-22-23(14-20)34-13-12-33-22/h3-7,14,16H,8-13,15,17H2,1-2H3,(H,27,31). The first-order valence-corrected chi connectivity index (χ1v) is 12.7. The van der Waals surface area contributed by atoms with E-state index in [0.29, 0.717) is 32.2 Å². The van der Waals surface area contributed by atoms with Crippen LogP contribution in [0.25, 0.3) is 11.3 Å². The van der Waals surface area contributed by atoms with Crippen molar-refractivity contribution in [3.05, 3.63) is 62.6 Å². The van der Waals surface area contributed by atoms with Gasteiger partial charge in [0.2, 0.25) is 5.91 Å². The van der Waals surface area contributed by atoms with E-state index in [1.807, 2.05) is 60.2 Å². The highest BCUT2D eigenvalue weighted by atomic mass is 32.1. The highest BCUT2D eigenvalue weighted by Gasteiger charge is 2.22. The van der Waals surface area contributed by atoms with Gasteiger partial charge in [0, 0.05) is 42.8 Å². The number of ether oxygens (including phenoxy) is 2. The average molecular weight is 495 g/mol. The average Bonchev–Trinajstić information content (AvgIpc) is 3.22. The van der Waals surface area contributed by atoms with Gasteiger partial charge in [-0.15, -0.1) is 0 Å². The Balaban J connectivity index is 1.19. The molecule has 3 aromatic rings. The first-order valence-electron chi connectivity index (χ1n) is 11.9. The quantitative estimate of drug-likeness (QED) is 0.567. The van der Waals surface area contributed by atoms with Crippen LogP contribution in [-0.4, -0.2) is 66.2 Å². The van der Waals surface area contributed by atoms with Crippen LogP contribution in [0.5, 0.6) is 11.5 Å². The number of piperazine rings is 1. The molecule has 0 spiro atoms. The summed E-state index contributed by atoms with van der Waals surface area (Å²) in [5, 5.41) is 4.98. The Morgan fingerprint density at radius 2 is 1.66 bits per heavy atom. The number of rotatable bonds is 6. The molecule has 1 fully saturated rings. The van der Waals surface area contributed by atoms with E-state index < -0.39 is 0 Å². The smallest absolute Gasteiger partial charge is 0.308 e. The fourth-order valence-electron chi connectivity index (χ4n) is 4.57. The Morgan fingerprint density at radius 3 is 2.40 bits per heavy atom. The number of para-hydroxylation sites is 1. The normalized spacial score (nSPS) is 16.3. The molecule has 2 aliphatic rings. The summed E-state index contributed by atoms with van der Waals surface area (Å²) in [4.78, 5) is 29.7. The van der Waals surface area contributed by atoms with E-state index >= 15 is 0 Å². The van der Waals surface area contributed by atoms with Gasteiger partial charge in [0.1, 0.15) is 13.2 Å². The molecule has 1 aromatic heterocycles. The summed E-state index contributed by atoms with van der Waals surface area (Å²) in [5.74, 6) is 1.46. The summed E-state index contributed by atoms with van der Waals surface area (Å²) >= 11 is 1.21. The van der Waals surface area contributed by atoms with E-state index in [1.165, 1.54) is 11.3 Å². The third-order valence-corrected chi connectivity index (χ3v) is 7.30. The molecule has 35 heavy (non-hydrogen) atoms. The molecule has 0 radical (unpaired) electrons. The molecule has 3 heterocycles. The molecule has 1 N–H and O–H groups in total. The monoisotopic (exact) mass is 494 g/mol. The Labute approximate surface area is 208 Å². The van der Waals surface area contributed by atoms with Crippen molar-refractivity contribution in [3.63, 3.8) is 0 Å². The van der Waals surface area contributed by atoms with Crippen molar-refractivity contribution < 1.29 is 14.3 Å². The van der Waals surface area contributed by atoms with Gasteiger partial charge < -0.3 is 14.8 Å². The largest absolute Gasteiger partial charge is 0.486 e. The third-order valence-electron chi connectivity index (χ3n) is 6.54. The number of carbonyl (C=O) groups excluding carboxylic acids is 1. The van der Waals surface area contributed by atoms with Crippen LogP contribution in [0.2, 0.25) is 0 Å². The summed E-state index contributed by atoms with van der Waals surface area (Å²) in [6.45, 7) is 9.11. The second-order valence-electron chi connectivity index (χ2n) is 9.02. The molecule has 1 amide bonds. The van der Waals surface area contributed by atoms with Gasteiger partial charge in [-0.1, -0.05) is 29.5 Å². The highest BCUT2D eigenvalue weighted by Crippen LogP contribution is 2.34. The van der Waals surface area contributed by atoms with Crippen molar-refractivity contribution in [2.24, 2.45) is 0 Å². The van der Waals surface area contributed by atoms with Gasteiger partial charge in [-0.05, 0) is 43.2 Å². The van der Waals surface area contributed by atoms with E-state index in [1.54, 1.807) is 0 Å². The van der Waals surface area contributed by atoms with E-state index in [-0.39, 0.29) is 10.8 Å². The number of nitrogens with one attached hydrogen (secondary N) is 1.